The van der Waals surface area contributed by atoms with Crippen LogP contribution >= 0.6 is 0 Å². The zero-order valence-electron chi connectivity index (χ0n) is 9.56. The molecule has 0 spiro atoms. The number of methoxy groups -OCH3 is 1. The molecule has 0 aliphatic heterocycles. The number of aromatic nitrogens is 1. The van der Waals surface area contributed by atoms with E-state index < -0.39 is 11.4 Å². The van der Waals surface area contributed by atoms with Gasteiger partial charge in [0.15, 0.2) is 5.43 Å². The first-order valence-electron chi connectivity index (χ1n) is 4.92. The number of aromatic carboxylic acids is 1. The average Bonchev–Trinajstić information content (AvgIpc) is 2.17. The van der Waals surface area contributed by atoms with Gasteiger partial charge >= 0.3 is 5.97 Å². The summed E-state index contributed by atoms with van der Waals surface area (Å²) in [6, 6.07) is 1.32. The van der Waals surface area contributed by atoms with Crippen LogP contribution in [0.2, 0.25) is 0 Å². The summed E-state index contributed by atoms with van der Waals surface area (Å²) >= 11 is 0. The molecule has 0 bridgehead atoms. The molecular weight excluding hydrogens is 210 g/mol. The molecule has 1 atom stereocenters. The highest BCUT2D eigenvalue weighted by Gasteiger charge is 2.13. The van der Waals surface area contributed by atoms with E-state index in [1.165, 1.54) is 12.3 Å². The van der Waals surface area contributed by atoms with Crippen LogP contribution in [0.4, 0.5) is 0 Å². The van der Waals surface area contributed by atoms with Gasteiger partial charge in [-0.15, -0.1) is 0 Å². The Morgan fingerprint density at radius 2 is 2.25 bits per heavy atom. The number of carboxylic acids is 1. The summed E-state index contributed by atoms with van der Waals surface area (Å²) in [5.74, 6) is -1.21. The van der Waals surface area contributed by atoms with E-state index in [4.69, 9.17) is 9.84 Å². The van der Waals surface area contributed by atoms with Crippen molar-refractivity contribution in [2.75, 3.05) is 13.7 Å². The predicted molar refractivity (Wildman–Crippen MR) is 59.0 cm³/mol. The number of aryl methyl sites for hydroxylation is 1. The number of ether oxygens (including phenoxy) is 1. The molecule has 0 radical (unpaired) electrons. The minimum absolute atomic E-state index is 0.0105. The second-order valence-electron chi connectivity index (χ2n) is 3.71. The van der Waals surface area contributed by atoms with Gasteiger partial charge in [-0.25, -0.2) is 4.79 Å². The van der Waals surface area contributed by atoms with E-state index in [2.05, 4.69) is 0 Å². The van der Waals surface area contributed by atoms with Crippen molar-refractivity contribution in [1.82, 2.24) is 4.57 Å². The fourth-order valence-corrected chi connectivity index (χ4v) is 1.60. The molecule has 16 heavy (non-hydrogen) atoms. The zero-order chi connectivity index (χ0) is 12.3. The number of hydrogen-bond donors (Lipinski definition) is 1. The summed E-state index contributed by atoms with van der Waals surface area (Å²) in [6.07, 6.45) is 1.36. The van der Waals surface area contributed by atoms with E-state index in [0.29, 0.717) is 6.61 Å². The van der Waals surface area contributed by atoms with Crippen LogP contribution in [0, 0.1) is 6.92 Å². The predicted octanol–water partition coefficient (Wildman–Crippen LogP) is 1.06. The monoisotopic (exact) mass is 225 g/mol. The lowest BCUT2D eigenvalue weighted by molar-refractivity contribution is 0.0693. The highest BCUT2D eigenvalue weighted by Crippen LogP contribution is 2.09. The van der Waals surface area contributed by atoms with Crippen molar-refractivity contribution in [2.24, 2.45) is 0 Å². The Balaban J connectivity index is 3.24. The third-order valence-electron chi connectivity index (χ3n) is 2.39. The van der Waals surface area contributed by atoms with Gasteiger partial charge in [0.1, 0.15) is 5.56 Å². The highest BCUT2D eigenvalue weighted by molar-refractivity contribution is 5.87. The lowest BCUT2D eigenvalue weighted by atomic mass is 10.2. The van der Waals surface area contributed by atoms with Crippen molar-refractivity contribution in [3.8, 4) is 0 Å². The van der Waals surface area contributed by atoms with Gasteiger partial charge in [0.05, 0.1) is 12.6 Å². The van der Waals surface area contributed by atoms with E-state index in [0.717, 1.165) is 5.69 Å². The molecule has 0 aliphatic carbocycles. The molecule has 0 aliphatic rings. The standard InChI is InChI=1S/C11H15NO4/c1-7-4-10(13)9(11(14)15)5-12(7)8(2)6-16-3/h4-5,8H,6H2,1-3H3,(H,14,15)/t8-/m1/s1. The van der Waals surface area contributed by atoms with Crippen LogP contribution in [-0.4, -0.2) is 29.4 Å². The summed E-state index contributed by atoms with van der Waals surface area (Å²) in [6.45, 7) is 4.12. The Morgan fingerprint density at radius 3 is 2.75 bits per heavy atom. The van der Waals surface area contributed by atoms with Crippen molar-refractivity contribution in [2.45, 2.75) is 19.9 Å². The SMILES string of the molecule is COC[C@@H](C)n1cc(C(=O)O)c(=O)cc1C. The van der Waals surface area contributed by atoms with Crippen molar-refractivity contribution in [3.63, 3.8) is 0 Å². The lowest BCUT2D eigenvalue weighted by Gasteiger charge is -2.18. The van der Waals surface area contributed by atoms with Crippen LogP contribution in [0.25, 0.3) is 0 Å². The minimum Gasteiger partial charge on any atom is -0.477 e. The van der Waals surface area contributed by atoms with Gasteiger partial charge < -0.3 is 14.4 Å². The number of nitrogens with zero attached hydrogens (tertiary/aromatic N) is 1. The molecule has 1 aromatic heterocycles. The van der Waals surface area contributed by atoms with Crippen LogP contribution in [0.3, 0.4) is 0 Å². The topological polar surface area (TPSA) is 68.5 Å². The second-order valence-corrected chi connectivity index (χ2v) is 3.71. The molecule has 1 heterocycles. The van der Waals surface area contributed by atoms with Crippen molar-refractivity contribution < 1.29 is 14.6 Å². The van der Waals surface area contributed by atoms with Gasteiger partial charge in [0.2, 0.25) is 0 Å². The first-order valence-corrected chi connectivity index (χ1v) is 4.92. The van der Waals surface area contributed by atoms with E-state index >= 15 is 0 Å². The maximum Gasteiger partial charge on any atom is 0.341 e. The molecule has 5 nitrogen and oxygen atoms in total. The minimum atomic E-state index is -1.21. The summed E-state index contributed by atoms with van der Waals surface area (Å²) in [7, 11) is 1.58. The Bertz CT molecular complexity index is 450. The van der Waals surface area contributed by atoms with Crippen LogP contribution < -0.4 is 5.43 Å². The fraction of sp³-hybridized carbons (Fsp3) is 0.455. The van der Waals surface area contributed by atoms with Gasteiger partial charge in [-0.3, -0.25) is 4.79 Å². The molecule has 0 saturated carbocycles. The maximum atomic E-state index is 11.4. The Hall–Kier alpha value is -1.62. The molecule has 1 rings (SSSR count). The summed E-state index contributed by atoms with van der Waals surface area (Å²) in [5, 5.41) is 8.85. The maximum absolute atomic E-state index is 11.4. The molecule has 0 saturated heterocycles. The molecule has 0 unspecified atom stereocenters. The molecular formula is C11H15NO4. The summed E-state index contributed by atoms with van der Waals surface area (Å²) in [4.78, 5) is 22.2. The summed E-state index contributed by atoms with van der Waals surface area (Å²) < 4.78 is 6.73. The quantitative estimate of drug-likeness (QED) is 0.832. The molecule has 88 valence electrons. The van der Waals surface area contributed by atoms with Crippen LogP contribution in [0.5, 0.6) is 0 Å². The van der Waals surface area contributed by atoms with Crippen molar-refractivity contribution in [1.29, 1.82) is 0 Å². The zero-order valence-corrected chi connectivity index (χ0v) is 9.56. The Morgan fingerprint density at radius 1 is 1.62 bits per heavy atom. The van der Waals surface area contributed by atoms with E-state index in [9.17, 15) is 9.59 Å². The fourth-order valence-electron chi connectivity index (χ4n) is 1.60. The smallest absolute Gasteiger partial charge is 0.341 e. The van der Waals surface area contributed by atoms with Crippen LogP contribution in [0.15, 0.2) is 17.1 Å². The number of rotatable bonds is 4. The molecule has 1 aromatic rings. The van der Waals surface area contributed by atoms with Crippen LogP contribution in [-0.2, 0) is 4.74 Å². The lowest BCUT2D eigenvalue weighted by Crippen LogP contribution is -2.22. The second kappa shape index (κ2) is 4.94. The average molecular weight is 225 g/mol. The molecule has 1 N–H and O–H groups in total. The number of hydrogen-bond acceptors (Lipinski definition) is 3. The van der Waals surface area contributed by atoms with Crippen molar-refractivity contribution >= 4 is 5.97 Å². The summed E-state index contributed by atoms with van der Waals surface area (Å²) in [5.41, 5.74) is 0.0407. The third kappa shape index (κ3) is 2.49. The number of pyridine rings is 1. The molecule has 0 amide bonds. The third-order valence-corrected chi connectivity index (χ3v) is 2.39. The molecule has 0 fully saturated rings. The number of carboxylic acid groups (broad SMARTS) is 1. The normalized spacial score (nSPS) is 12.4. The van der Waals surface area contributed by atoms with Gasteiger partial charge in [-0.2, -0.15) is 0 Å². The largest absolute Gasteiger partial charge is 0.477 e. The Kier molecular flexibility index (Phi) is 3.84. The Labute approximate surface area is 93.3 Å². The van der Waals surface area contributed by atoms with E-state index in [1.807, 2.05) is 6.92 Å². The molecule has 0 aromatic carbocycles. The molecule has 5 heteroatoms. The van der Waals surface area contributed by atoms with E-state index in [1.54, 1.807) is 18.6 Å². The van der Waals surface area contributed by atoms with Gasteiger partial charge in [-0.05, 0) is 13.8 Å². The van der Waals surface area contributed by atoms with Crippen LogP contribution in [0.1, 0.15) is 29.0 Å². The van der Waals surface area contributed by atoms with Gasteiger partial charge in [-0.1, -0.05) is 0 Å². The number of carbonyl (C=O) groups is 1. The highest BCUT2D eigenvalue weighted by atomic mass is 16.5. The first-order chi connectivity index (χ1) is 7.47. The van der Waals surface area contributed by atoms with Gasteiger partial charge in [0, 0.05) is 25.1 Å². The first kappa shape index (κ1) is 12.4. The van der Waals surface area contributed by atoms with Crippen molar-refractivity contribution in [3.05, 3.63) is 33.7 Å². The van der Waals surface area contributed by atoms with E-state index in [-0.39, 0.29) is 11.6 Å². The van der Waals surface area contributed by atoms with Gasteiger partial charge in [0.25, 0.3) is 0 Å².